The van der Waals surface area contributed by atoms with Crippen LogP contribution in [0.25, 0.3) is 10.4 Å². The number of hydrogen-bond donors (Lipinski definition) is 0. The molecular formula is C8H6F3N3O. The highest BCUT2D eigenvalue weighted by Crippen LogP contribution is 2.26. The number of nitrogens with zero attached hydrogens (tertiary/aromatic N) is 3. The number of rotatable bonds is 3. The summed E-state index contributed by atoms with van der Waals surface area (Å²) in [6, 6.07) is 5.50. The van der Waals surface area contributed by atoms with Gasteiger partial charge in [-0.1, -0.05) is 23.3 Å². The van der Waals surface area contributed by atoms with Gasteiger partial charge in [0.05, 0.1) is 6.54 Å². The van der Waals surface area contributed by atoms with Crippen molar-refractivity contribution in [3.8, 4) is 5.75 Å². The molecule has 0 saturated heterocycles. The predicted octanol–water partition coefficient (Wildman–Crippen LogP) is 3.40. The van der Waals surface area contributed by atoms with E-state index in [0.717, 1.165) is 6.07 Å². The molecule has 1 aromatic carbocycles. The minimum atomic E-state index is -4.74. The van der Waals surface area contributed by atoms with Gasteiger partial charge in [0.1, 0.15) is 5.75 Å². The van der Waals surface area contributed by atoms with Crippen LogP contribution in [0.5, 0.6) is 5.75 Å². The van der Waals surface area contributed by atoms with Crippen LogP contribution in [0, 0.1) is 0 Å². The first kappa shape index (κ1) is 11.2. The SMILES string of the molecule is [N-]=[N+]=NCc1ccccc1OC(F)(F)F. The van der Waals surface area contributed by atoms with E-state index < -0.39 is 6.36 Å². The van der Waals surface area contributed by atoms with Crippen LogP contribution >= 0.6 is 0 Å². The molecule has 0 aliphatic rings. The molecule has 0 bridgehead atoms. The van der Waals surface area contributed by atoms with E-state index in [0.29, 0.717) is 0 Å². The van der Waals surface area contributed by atoms with Crippen LogP contribution in [-0.2, 0) is 6.54 Å². The number of alkyl halides is 3. The van der Waals surface area contributed by atoms with E-state index in [1.54, 1.807) is 0 Å². The molecule has 1 aromatic rings. The van der Waals surface area contributed by atoms with Crippen LogP contribution < -0.4 is 4.74 Å². The predicted molar refractivity (Wildman–Crippen MR) is 46.0 cm³/mol. The van der Waals surface area contributed by atoms with Crippen LogP contribution in [0.15, 0.2) is 29.4 Å². The minimum absolute atomic E-state index is 0.178. The molecule has 0 heterocycles. The third-order valence-corrected chi connectivity index (χ3v) is 1.50. The first-order chi connectivity index (χ1) is 7.03. The van der Waals surface area contributed by atoms with Gasteiger partial charge in [-0.3, -0.25) is 0 Å². The maximum Gasteiger partial charge on any atom is 0.573 e. The zero-order valence-electron chi connectivity index (χ0n) is 7.40. The molecule has 15 heavy (non-hydrogen) atoms. The quantitative estimate of drug-likeness (QED) is 0.434. The molecule has 0 spiro atoms. The molecule has 0 fully saturated rings. The summed E-state index contributed by atoms with van der Waals surface area (Å²) in [4.78, 5) is 2.46. The van der Waals surface area contributed by atoms with E-state index in [-0.39, 0.29) is 17.9 Å². The highest BCUT2D eigenvalue weighted by molar-refractivity contribution is 5.33. The number of hydrogen-bond acceptors (Lipinski definition) is 2. The van der Waals surface area contributed by atoms with E-state index in [1.165, 1.54) is 18.2 Å². The Kier molecular flexibility index (Phi) is 3.41. The fourth-order valence-electron chi connectivity index (χ4n) is 0.967. The van der Waals surface area contributed by atoms with Crippen molar-refractivity contribution in [3.05, 3.63) is 40.3 Å². The van der Waals surface area contributed by atoms with Crippen molar-refractivity contribution < 1.29 is 17.9 Å². The number of benzene rings is 1. The molecule has 0 saturated carbocycles. The number of ether oxygens (including phenoxy) is 1. The Hall–Kier alpha value is -1.88. The maximum atomic E-state index is 11.9. The third kappa shape index (κ3) is 3.78. The van der Waals surface area contributed by atoms with Gasteiger partial charge in [-0.15, -0.1) is 13.2 Å². The summed E-state index contributed by atoms with van der Waals surface area (Å²) in [7, 11) is 0. The fraction of sp³-hybridized carbons (Fsp3) is 0.250. The van der Waals surface area contributed by atoms with Crippen LogP contribution in [0.1, 0.15) is 5.56 Å². The van der Waals surface area contributed by atoms with Gasteiger partial charge in [0, 0.05) is 10.5 Å². The summed E-state index contributed by atoms with van der Waals surface area (Å²) in [5, 5.41) is 3.17. The minimum Gasteiger partial charge on any atom is -0.406 e. The van der Waals surface area contributed by atoms with Gasteiger partial charge in [-0.25, -0.2) is 0 Å². The van der Waals surface area contributed by atoms with E-state index >= 15 is 0 Å². The second-order valence-electron chi connectivity index (χ2n) is 2.54. The number of halogens is 3. The largest absolute Gasteiger partial charge is 0.573 e. The molecule has 0 amide bonds. The fourth-order valence-corrected chi connectivity index (χ4v) is 0.967. The summed E-state index contributed by atoms with van der Waals surface area (Å²) < 4.78 is 39.5. The molecular weight excluding hydrogens is 211 g/mol. The normalized spacial score (nSPS) is 10.6. The van der Waals surface area contributed by atoms with Gasteiger partial charge < -0.3 is 4.74 Å². The first-order valence-electron chi connectivity index (χ1n) is 3.87. The molecule has 4 nitrogen and oxygen atoms in total. The van der Waals surface area contributed by atoms with Crippen molar-refractivity contribution in [2.45, 2.75) is 12.9 Å². The molecule has 1 rings (SSSR count). The van der Waals surface area contributed by atoms with Gasteiger partial charge >= 0.3 is 6.36 Å². The Morgan fingerprint density at radius 2 is 2.00 bits per heavy atom. The summed E-state index contributed by atoms with van der Waals surface area (Å²) >= 11 is 0. The highest BCUT2D eigenvalue weighted by atomic mass is 19.4. The topological polar surface area (TPSA) is 58.0 Å². The van der Waals surface area contributed by atoms with Crippen molar-refractivity contribution >= 4 is 0 Å². The second kappa shape index (κ2) is 4.56. The van der Waals surface area contributed by atoms with E-state index in [1.807, 2.05) is 0 Å². The lowest BCUT2D eigenvalue weighted by Gasteiger charge is -2.11. The van der Waals surface area contributed by atoms with Gasteiger partial charge in [0.15, 0.2) is 0 Å². The van der Waals surface area contributed by atoms with E-state index in [2.05, 4.69) is 14.8 Å². The molecule has 0 unspecified atom stereocenters. The summed E-state index contributed by atoms with van der Waals surface area (Å²) in [5.74, 6) is -0.350. The van der Waals surface area contributed by atoms with Gasteiger partial charge in [0.2, 0.25) is 0 Å². The van der Waals surface area contributed by atoms with Crippen LogP contribution in [0.3, 0.4) is 0 Å². The molecule has 0 aliphatic carbocycles. The standard InChI is InChI=1S/C8H6F3N3O/c9-8(10,11)15-7-4-2-1-3-6(7)5-13-14-12/h1-4H,5H2. The number of para-hydroxylation sites is 1. The van der Waals surface area contributed by atoms with Crippen LogP contribution in [0.2, 0.25) is 0 Å². The van der Waals surface area contributed by atoms with Crippen molar-refractivity contribution in [2.24, 2.45) is 5.11 Å². The Balaban J connectivity index is 2.90. The van der Waals surface area contributed by atoms with E-state index in [4.69, 9.17) is 5.53 Å². The van der Waals surface area contributed by atoms with Crippen LogP contribution in [-0.4, -0.2) is 6.36 Å². The number of azide groups is 1. The second-order valence-corrected chi connectivity index (χ2v) is 2.54. The Labute approximate surface area is 82.9 Å². The van der Waals surface area contributed by atoms with Gasteiger partial charge in [0.25, 0.3) is 0 Å². The van der Waals surface area contributed by atoms with Crippen LogP contribution in [0.4, 0.5) is 13.2 Å². The smallest absolute Gasteiger partial charge is 0.406 e. The van der Waals surface area contributed by atoms with Crippen molar-refractivity contribution in [1.29, 1.82) is 0 Å². The molecule has 0 atom stereocenters. The van der Waals surface area contributed by atoms with E-state index in [9.17, 15) is 13.2 Å². The summed E-state index contributed by atoms with van der Waals surface area (Å²) in [5.41, 5.74) is 8.23. The molecule has 7 heteroatoms. The lowest BCUT2D eigenvalue weighted by Crippen LogP contribution is -2.18. The lowest BCUT2D eigenvalue weighted by atomic mass is 10.2. The molecule has 0 radical (unpaired) electrons. The highest BCUT2D eigenvalue weighted by Gasteiger charge is 2.31. The summed E-state index contributed by atoms with van der Waals surface area (Å²) in [6.07, 6.45) is -4.74. The Morgan fingerprint density at radius 3 is 2.60 bits per heavy atom. The zero-order valence-corrected chi connectivity index (χ0v) is 7.40. The molecule has 0 aliphatic heterocycles. The average molecular weight is 217 g/mol. The van der Waals surface area contributed by atoms with Gasteiger partial charge in [-0.05, 0) is 11.6 Å². The van der Waals surface area contributed by atoms with Gasteiger partial charge in [-0.2, -0.15) is 0 Å². The van der Waals surface area contributed by atoms with Crippen molar-refractivity contribution in [3.63, 3.8) is 0 Å². The lowest BCUT2D eigenvalue weighted by molar-refractivity contribution is -0.274. The van der Waals surface area contributed by atoms with Crippen molar-refractivity contribution in [2.75, 3.05) is 0 Å². The average Bonchev–Trinajstić information content (AvgIpc) is 2.14. The third-order valence-electron chi connectivity index (χ3n) is 1.50. The maximum absolute atomic E-state index is 11.9. The molecule has 80 valence electrons. The molecule has 0 N–H and O–H groups in total. The monoisotopic (exact) mass is 217 g/mol. The van der Waals surface area contributed by atoms with Crippen molar-refractivity contribution in [1.82, 2.24) is 0 Å². The Bertz CT molecular complexity index is 385. The first-order valence-corrected chi connectivity index (χ1v) is 3.87. The Morgan fingerprint density at radius 1 is 1.33 bits per heavy atom. The molecule has 0 aromatic heterocycles. The summed E-state index contributed by atoms with van der Waals surface area (Å²) in [6.45, 7) is -0.178. The zero-order chi connectivity index (χ0) is 11.3.